The highest BCUT2D eigenvalue weighted by molar-refractivity contribution is 9.10. The fraction of sp³-hybridized carbons (Fsp3) is 0.524. The molecule has 1 aromatic heterocycles. The standard InChI is InChI=1S/C21H22BrCl2F3N4O/c1-12(31-18(14-3-4-14)17(22)19(28-31)21(25,26)27)20(32)30-8-6-29(7-9-30)11-13-2-5-15(23)16(24)10-13/h2,5,10,12,14H,3-4,6-9,11H2,1H3. The second-order valence-electron chi connectivity index (χ2n) is 8.29. The normalized spacial score (nSPS) is 18.8. The van der Waals surface area contributed by atoms with Crippen LogP contribution < -0.4 is 0 Å². The quantitative estimate of drug-likeness (QED) is 0.473. The Hall–Kier alpha value is -1.29. The third kappa shape index (κ3) is 4.95. The Kier molecular flexibility index (Phi) is 6.83. The number of nitrogens with zero attached hydrogens (tertiary/aromatic N) is 4. The Bertz CT molecular complexity index is 1020. The third-order valence-electron chi connectivity index (χ3n) is 5.92. The number of halogens is 6. The van der Waals surface area contributed by atoms with Crippen LogP contribution in [0.25, 0.3) is 0 Å². The van der Waals surface area contributed by atoms with Gasteiger partial charge in [-0.15, -0.1) is 0 Å². The minimum Gasteiger partial charge on any atom is -0.338 e. The number of hydrogen-bond acceptors (Lipinski definition) is 3. The maximum absolute atomic E-state index is 13.4. The predicted molar refractivity (Wildman–Crippen MR) is 120 cm³/mol. The highest BCUT2D eigenvalue weighted by Gasteiger charge is 2.43. The summed E-state index contributed by atoms with van der Waals surface area (Å²) in [7, 11) is 0. The molecule has 2 aromatic rings. The van der Waals surface area contributed by atoms with Gasteiger partial charge >= 0.3 is 6.18 Å². The van der Waals surface area contributed by atoms with E-state index in [-0.39, 0.29) is 16.3 Å². The molecule has 1 aromatic carbocycles. The average Bonchev–Trinajstić information content (AvgIpc) is 3.51. The molecule has 5 nitrogen and oxygen atoms in total. The van der Waals surface area contributed by atoms with Gasteiger partial charge in [0.1, 0.15) is 6.04 Å². The van der Waals surface area contributed by atoms with Crippen LogP contribution in [-0.2, 0) is 17.5 Å². The van der Waals surface area contributed by atoms with E-state index in [1.807, 2.05) is 12.1 Å². The van der Waals surface area contributed by atoms with Gasteiger partial charge in [-0.3, -0.25) is 14.4 Å². The molecule has 1 saturated heterocycles. The van der Waals surface area contributed by atoms with E-state index in [2.05, 4.69) is 25.9 Å². The second kappa shape index (κ2) is 9.16. The Morgan fingerprint density at radius 3 is 2.41 bits per heavy atom. The van der Waals surface area contributed by atoms with E-state index >= 15 is 0 Å². The number of aromatic nitrogens is 2. The molecule has 1 saturated carbocycles. The van der Waals surface area contributed by atoms with Gasteiger partial charge in [0.2, 0.25) is 5.91 Å². The first-order valence-corrected chi connectivity index (χ1v) is 11.9. The van der Waals surface area contributed by atoms with Crippen molar-refractivity contribution in [2.75, 3.05) is 26.2 Å². The lowest BCUT2D eigenvalue weighted by atomic mass is 10.2. The summed E-state index contributed by atoms with van der Waals surface area (Å²) in [6.07, 6.45) is -2.97. The number of alkyl halides is 3. The Labute approximate surface area is 202 Å². The topological polar surface area (TPSA) is 41.4 Å². The zero-order valence-electron chi connectivity index (χ0n) is 17.3. The Balaban J connectivity index is 1.43. The Morgan fingerprint density at radius 2 is 1.84 bits per heavy atom. The number of carbonyl (C=O) groups excluding carboxylic acids is 1. The van der Waals surface area contributed by atoms with Crippen LogP contribution >= 0.6 is 39.1 Å². The van der Waals surface area contributed by atoms with E-state index in [1.54, 1.807) is 17.9 Å². The lowest BCUT2D eigenvalue weighted by Crippen LogP contribution is -2.50. The SMILES string of the molecule is CC(C(=O)N1CCN(Cc2ccc(Cl)c(Cl)c2)CC1)n1nc(C(F)(F)F)c(Br)c1C1CC1. The van der Waals surface area contributed by atoms with Crippen molar-refractivity contribution in [1.29, 1.82) is 0 Å². The molecule has 1 amide bonds. The van der Waals surface area contributed by atoms with E-state index in [9.17, 15) is 18.0 Å². The highest BCUT2D eigenvalue weighted by atomic mass is 79.9. The summed E-state index contributed by atoms with van der Waals surface area (Å²) in [5.74, 6) is -0.212. The van der Waals surface area contributed by atoms with Crippen molar-refractivity contribution in [2.24, 2.45) is 0 Å². The van der Waals surface area contributed by atoms with Gasteiger partial charge in [0, 0.05) is 38.6 Å². The number of benzene rings is 1. The first kappa shape index (κ1) is 23.9. The lowest BCUT2D eigenvalue weighted by Gasteiger charge is -2.36. The van der Waals surface area contributed by atoms with Crippen molar-refractivity contribution in [2.45, 2.75) is 44.4 Å². The minimum atomic E-state index is -4.58. The second-order valence-corrected chi connectivity index (χ2v) is 9.90. The van der Waals surface area contributed by atoms with Crippen molar-refractivity contribution >= 4 is 45.0 Å². The predicted octanol–water partition coefficient (Wildman–Crippen LogP) is 5.75. The summed E-state index contributed by atoms with van der Waals surface area (Å²) < 4.78 is 41.4. The Morgan fingerprint density at radius 1 is 1.19 bits per heavy atom. The van der Waals surface area contributed by atoms with Gasteiger partial charge in [0.25, 0.3) is 0 Å². The van der Waals surface area contributed by atoms with Crippen molar-refractivity contribution in [3.8, 4) is 0 Å². The summed E-state index contributed by atoms with van der Waals surface area (Å²) >= 11 is 15.1. The molecular weight excluding hydrogens is 532 g/mol. The fourth-order valence-corrected chi connectivity index (χ4v) is 5.15. The molecule has 0 spiro atoms. The number of rotatable bonds is 5. The molecule has 2 fully saturated rings. The van der Waals surface area contributed by atoms with E-state index in [1.165, 1.54) is 4.68 Å². The van der Waals surface area contributed by atoms with Crippen LogP contribution in [0, 0.1) is 0 Å². The summed E-state index contributed by atoms with van der Waals surface area (Å²) in [5.41, 5.74) is 0.532. The van der Waals surface area contributed by atoms with Gasteiger partial charge in [0.05, 0.1) is 20.2 Å². The largest absolute Gasteiger partial charge is 0.436 e. The van der Waals surface area contributed by atoms with Crippen LogP contribution in [0.1, 0.15) is 48.7 Å². The molecule has 2 heterocycles. The van der Waals surface area contributed by atoms with Crippen molar-refractivity contribution in [3.63, 3.8) is 0 Å². The molecule has 0 bridgehead atoms. The van der Waals surface area contributed by atoms with Gasteiger partial charge in [-0.25, -0.2) is 0 Å². The van der Waals surface area contributed by atoms with Crippen LogP contribution in [0.5, 0.6) is 0 Å². The van der Waals surface area contributed by atoms with Crippen molar-refractivity contribution < 1.29 is 18.0 Å². The minimum absolute atomic E-state index is 0.00581. The third-order valence-corrected chi connectivity index (χ3v) is 7.44. The molecule has 1 unspecified atom stereocenters. The molecule has 1 aliphatic heterocycles. The smallest absolute Gasteiger partial charge is 0.338 e. The van der Waals surface area contributed by atoms with Crippen molar-refractivity contribution in [3.05, 3.63) is 49.7 Å². The van der Waals surface area contributed by atoms with E-state index in [4.69, 9.17) is 23.2 Å². The first-order valence-electron chi connectivity index (χ1n) is 10.4. The molecule has 2 aliphatic rings. The molecule has 0 N–H and O–H groups in total. The van der Waals surface area contributed by atoms with Crippen molar-refractivity contribution in [1.82, 2.24) is 19.6 Å². The summed E-state index contributed by atoms with van der Waals surface area (Å²) in [4.78, 5) is 17.0. The molecule has 4 rings (SSSR count). The van der Waals surface area contributed by atoms with E-state index < -0.39 is 17.9 Å². The number of hydrogen-bond donors (Lipinski definition) is 0. The first-order chi connectivity index (χ1) is 15.1. The zero-order chi connectivity index (χ0) is 23.2. The number of piperazine rings is 1. The maximum Gasteiger partial charge on any atom is 0.436 e. The van der Waals surface area contributed by atoms with Crippen LogP contribution in [0.3, 0.4) is 0 Å². The number of amides is 1. The van der Waals surface area contributed by atoms with Gasteiger partial charge in [-0.1, -0.05) is 29.3 Å². The van der Waals surface area contributed by atoms with Crippen LogP contribution in [0.2, 0.25) is 10.0 Å². The average molecular weight is 554 g/mol. The molecule has 32 heavy (non-hydrogen) atoms. The van der Waals surface area contributed by atoms with Crippen LogP contribution in [0.4, 0.5) is 13.2 Å². The highest BCUT2D eigenvalue weighted by Crippen LogP contribution is 2.47. The molecule has 11 heteroatoms. The van der Waals surface area contributed by atoms with Crippen LogP contribution in [-0.4, -0.2) is 51.7 Å². The van der Waals surface area contributed by atoms with Gasteiger partial charge in [-0.05, 0) is 53.4 Å². The van der Waals surface area contributed by atoms with E-state index in [0.29, 0.717) is 48.5 Å². The lowest BCUT2D eigenvalue weighted by molar-refractivity contribution is -0.143. The summed E-state index contributed by atoms with van der Waals surface area (Å²) in [5, 5.41) is 4.81. The van der Waals surface area contributed by atoms with Gasteiger partial charge in [0.15, 0.2) is 5.69 Å². The zero-order valence-corrected chi connectivity index (χ0v) is 20.4. The molecular formula is C21H22BrCl2F3N4O. The van der Waals surface area contributed by atoms with Gasteiger partial charge in [-0.2, -0.15) is 18.3 Å². The van der Waals surface area contributed by atoms with Gasteiger partial charge < -0.3 is 4.90 Å². The molecule has 174 valence electrons. The molecule has 0 radical (unpaired) electrons. The van der Waals surface area contributed by atoms with Crippen LogP contribution in [0.15, 0.2) is 22.7 Å². The molecule has 1 atom stereocenters. The van der Waals surface area contributed by atoms with E-state index in [0.717, 1.165) is 18.4 Å². The summed E-state index contributed by atoms with van der Waals surface area (Å²) in [6.45, 7) is 4.61. The number of carbonyl (C=O) groups is 1. The monoisotopic (exact) mass is 552 g/mol. The fourth-order valence-electron chi connectivity index (χ4n) is 4.02. The summed E-state index contributed by atoms with van der Waals surface area (Å²) in [6, 6.07) is 4.70. The maximum atomic E-state index is 13.4. The molecule has 1 aliphatic carbocycles.